The van der Waals surface area contributed by atoms with Crippen LogP contribution in [0, 0.1) is 5.82 Å². The van der Waals surface area contributed by atoms with E-state index in [1.807, 2.05) is 36.4 Å². The minimum Gasteiger partial charge on any atom is -0.508 e. The molecule has 1 aliphatic heterocycles. The number of sulfonamides is 1. The summed E-state index contributed by atoms with van der Waals surface area (Å²) >= 11 is 0. The van der Waals surface area contributed by atoms with E-state index >= 15 is 0 Å². The highest BCUT2D eigenvalue weighted by molar-refractivity contribution is 7.89. The average molecular weight is 489 g/mol. The van der Waals surface area contributed by atoms with E-state index in [9.17, 15) is 17.9 Å². The van der Waals surface area contributed by atoms with Gasteiger partial charge < -0.3 is 10.0 Å². The van der Waals surface area contributed by atoms with Crippen molar-refractivity contribution in [3.63, 3.8) is 0 Å². The lowest BCUT2D eigenvalue weighted by Crippen LogP contribution is -2.48. The number of rotatable bonds is 6. The monoisotopic (exact) mass is 488 g/mol. The average Bonchev–Trinajstić information content (AvgIpc) is 2.84. The summed E-state index contributed by atoms with van der Waals surface area (Å²) in [4.78, 5) is 2.20. The Morgan fingerprint density at radius 1 is 0.886 bits per heavy atom. The molecule has 1 aliphatic rings. The van der Waals surface area contributed by atoms with Gasteiger partial charge in [-0.1, -0.05) is 54.6 Å². The lowest BCUT2D eigenvalue weighted by Gasteiger charge is -2.37. The molecular formula is C28H25FN2O3S. The summed E-state index contributed by atoms with van der Waals surface area (Å²) in [6.07, 6.45) is 0.508. The Morgan fingerprint density at radius 2 is 1.63 bits per heavy atom. The summed E-state index contributed by atoms with van der Waals surface area (Å²) in [6.45, 7) is 1.13. The number of fused-ring (bicyclic) bond motifs is 1. The maximum atomic E-state index is 13.4. The summed E-state index contributed by atoms with van der Waals surface area (Å²) in [5, 5.41) is 9.75. The van der Waals surface area contributed by atoms with Gasteiger partial charge in [0.15, 0.2) is 0 Å². The molecule has 0 saturated heterocycles. The van der Waals surface area contributed by atoms with Crippen molar-refractivity contribution in [2.45, 2.75) is 23.9 Å². The van der Waals surface area contributed by atoms with E-state index in [1.165, 1.54) is 36.4 Å². The first-order valence-electron chi connectivity index (χ1n) is 11.4. The summed E-state index contributed by atoms with van der Waals surface area (Å²) in [5.74, 6) is -0.390. The third kappa shape index (κ3) is 5.21. The summed E-state index contributed by atoms with van der Waals surface area (Å²) in [5.41, 5.74) is 5.02. The molecule has 4 aromatic carbocycles. The number of halogens is 1. The maximum Gasteiger partial charge on any atom is 0.241 e. The molecule has 0 radical (unpaired) electrons. The van der Waals surface area contributed by atoms with E-state index in [0.29, 0.717) is 19.5 Å². The number of hydrogen-bond acceptors (Lipinski definition) is 4. The van der Waals surface area contributed by atoms with Crippen LogP contribution in [0.5, 0.6) is 5.75 Å². The summed E-state index contributed by atoms with van der Waals surface area (Å²) in [7, 11) is -3.83. The van der Waals surface area contributed by atoms with Gasteiger partial charge in [-0.15, -0.1) is 0 Å². The van der Waals surface area contributed by atoms with Crippen LogP contribution in [0.1, 0.15) is 11.1 Å². The summed E-state index contributed by atoms with van der Waals surface area (Å²) < 4.78 is 42.4. The number of anilines is 1. The van der Waals surface area contributed by atoms with Crippen molar-refractivity contribution in [1.29, 1.82) is 0 Å². The van der Waals surface area contributed by atoms with Gasteiger partial charge in [0, 0.05) is 24.8 Å². The van der Waals surface area contributed by atoms with Gasteiger partial charge >= 0.3 is 0 Å². The zero-order chi connectivity index (χ0) is 24.4. The second kappa shape index (κ2) is 9.52. The predicted octanol–water partition coefficient (Wildman–Crippen LogP) is 5.11. The lowest BCUT2D eigenvalue weighted by atomic mass is 9.94. The Bertz CT molecular complexity index is 1440. The molecule has 5 nitrogen and oxygen atoms in total. The quantitative estimate of drug-likeness (QED) is 0.396. The molecule has 0 bridgehead atoms. The number of benzene rings is 4. The molecule has 2 N–H and O–H groups in total. The number of phenolic OH excluding ortho intramolecular Hbond substituents is 1. The number of phenols is 1. The molecule has 0 aliphatic carbocycles. The van der Waals surface area contributed by atoms with Crippen LogP contribution >= 0.6 is 0 Å². The van der Waals surface area contributed by atoms with Gasteiger partial charge in [-0.25, -0.2) is 17.5 Å². The van der Waals surface area contributed by atoms with Crippen LogP contribution in [0.15, 0.2) is 102 Å². The van der Waals surface area contributed by atoms with Crippen LogP contribution < -0.4 is 9.62 Å². The van der Waals surface area contributed by atoms with Crippen molar-refractivity contribution in [2.24, 2.45) is 0 Å². The minimum absolute atomic E-state index is 0.0259. The van der Waals surface area contributed by atoms with Crippen LogP contribution in [0.4, 0.5) is 10.1 Å². The third-order valence-electron chi connectivity index (χ3n) is 6.17. The second-order valence-corrected chi connectivity index (χ2v) is 10.5. The number of nitrogens with one attached hydrogen (secondary N) is 1. The standard InChI is InChI=1S/C28H25FN2O3S/c29-24-12-9-21(10-13-24)22-11-14-28-23(15-22)16-25(19-31(28)18-20-5-2-1-3-6-20)30-35(33,34)27-8-4-7-26(32)17-27/h1-15,17,25,30,32H,16,18-19H2/t25-/m1/s1. The molecule has 1 heterocycles. The highest BCUT2D eigenvalue weighted by Gasteiger charge is 2.29. The molecular weight excluding hydrogens is 463 g/mol. The van der Waals surface area contributed by atoms with E-state index in [0.717, 1.165) is 27.9 Å². The molecule has 35 heavy (non-hydrogen) atoms. The maximum absolute atomic E-state index is 13.4. The molecule has 4 aromatic rings. The van der Waals surface area contributed by atoms with E-state index in [4.69, 9.17) is 0 Å². The Hall–Kier alpha value is -3.68. The van der Waals surface area contributed by atoms with Gasteiger partial charge in [0.05, 0.1) is 4.90 Å². The first kappa shape index (κ1) is 23.1. The fourth-order valence-electron chi connectivity index (χ4n) is 4.54. The number of nitrogens with zero attached hydrogens (tertiary/aromatic N) is 1. The first-order valence-corrected chi connectivity index (χ1v) is 12.8. The van der Waals surface area contributed by atoms with Crippen LogP contribution in [0.2, 0.25) is 0 Å². The third-order valence-corrected chi connectivity index (χ3v) is 7.69. The molecule has 0 fully saturated rings. The second-order valence-electron chi connectivity index (χ2n) is 8.74. The topological polar surface area (TPSA) is 69.6 Å². The fourth-order valence-corrected chi connectivity index (χ4v) is 5.81. The van der Waals surface area contributed by atoms with Gasteiger partial charge in [-0.2, -0.15) is 0 Å². The largest absolute Gasteiger partial charge is 0.508 e. The van der Waals surface area contributed by atoms with E-state index in [1.54, 1.807) is 12.1 Å². The van der Waals surface area contributed by atoms with Crippen molar-refractivity contribution in [2.75, 3.05) is 11.4 Å². The molecule has 1 atom stereocenters. The van der Waals surface area contributed by atoms with Gasteiger partial charge in [0.2, 0.25) is 10.0 Å². The van der Waals surface area contributed by atoms with Gasteiger partial charge in [0.1, 0.15) is 11.6 Å². The molecule has 7 heteroatoms. The van der Waals surface area contributed by atoms with Crippen molar-refractivity contribution < 1.29 is 17.9 Å². The van der Waals surface area contributed by atoms with Crippen LogP contribution in [-0.4, -0.2) is 26.1 Å². The van der Waals surface area contributed by atoms with Crippen molar-refractivity contribution in [3.05, 3.63) is 114 Å². The molecule has 178 valence electrons. The minimum atomic E-state index is -3.83. The van der Waals surface area contributed by atoms with Crippen LogP contribution in [0.3, 0.4) is 0 Å². The predicted molar refractivity (Wildman–Crippen MR) is 135 cm³/mol. The van der Waals surface area contributed by atoms with Gasteiger partial charge in [0.25, 0.3) is 0 Å². The highest BCUT2D eigenvalue weighted by atomic mass is 32.2. The van der Waals surface area contributed by atoms with Crippen molar-refractivity contribution in [3.8, 4) is 16.9 Å². The fraction of sp³-hybridized carbons (Fsp3) is 0.143. The smallest absolute Gasteiger partial charge is 0.241 e. The molecule has 0 saturated carbocycles. The molecule has 5 rings (SSSR count). The van der Waals surface area contributed by atoms with Crippen molar-refractivity contribution >= 4 is 15.7 Å². The van der Waals surface area contributed by atoms with Gasteiger partial charge in [-0.05, 0) is 71.1 Å². The Morgan fingerprint density at radius 3 is 2.37 bits per heavy atom. The Labute approximate surface area is 204 Å². The highest BCUT2D eigenvalue weighted by Crippen LogP contribution is 2.33. The molecule has 0 amide bonds. The lowest BCUT2D eigenvalue weighted by molar-refractivity contribution is 0.472. The molecule has 0 spiro atoms. The number of hydrogen-bond donors (Lipinski definition) is 2. The van der Waals surface area contributed by atoms with E-state index in [-0.39, 0.29) is 22.5 Å². The zero-order valence-electron chi connectivity index (χ0n) is 18.9. The van der Waals surface area contributed by atoms with E-state index in [2.05, 4.69) is 21.8 Å². The molecule has 0 aromatic heterocycles. The molecule has 0 unspecified atom stereocenters. The summed E-state index contributed by atoms with van der Waals surface area (Å²) in [6, 6.07) is 27.8. The number of aromatic hydroxyl groups is 1. The van der Waals surface area contributed by atoms with Gasteiger partial charge in [-0.3, -0.25) is 0 Å². The van der Waals surface area contributed by atoms with Crippen molar-refractivity contribution in [1.82, 2.24) is 4.72 Å². The Kier molecular flexibility index (Phi) is 6.28. The zero-order valence-corrected chi connectivity index (χ0v) is 19.7. The Balaban J connectivity index is 1.48. The van der Waals surface area contributed by atoms with Crippen LogP contribution in [-0.2, 0) is 23.0 Å². The normalized spacial score (nSPS) is 15.6. The first-order chi connectivity index (χ1) is 16.9. The van der Waals surface area contributed by atoms with E-state index < -0.39 is 10.0 Å². The SMILES string of the molecule is O=S(=O)(N[C@@H]1Cc2cc(-c3ccc(F)cc3)ccc2N(Cc2ccccc2)C1)c1cccc(O)c1. The van der Waals surface area contributed by atoms with Crippen LogP contribution in [0.25, 0.3) is 11.1 Å².